The van der Waals surface area contributed by atoms with Gasteiger partial charge in [-0.1, -0.05) is 12.1 Å². The first-order valence-corrected chi connectivity index (χ1v) is 9.25. The van der Waals surface area contributed by atoms with Crippen LogP contribution in [0.5, 0.6) is 0 Å². The van der Waals surface area contributed by atoms with Gasteiger partial charge in [0.1, 0.15) is 11.6 Å². The standard InChI is InChI=1S/C19H27FN4O2/c1-3-23-18(21-24(19(23)25)12-13-26-2)16-8-10-22(11-9-16)14-15-4-6-17(20)7-5-15/h4-7,16H,3,8-14H2,1-2H3. The Morgan fingerprint density at radius 3 is 2.54 bits per heavy atom. The number of aromatic nitrogens is 3. The Morgan fingerprint density at radius 2 is 1.92 bits per heavy atom. The SMILES string of the molecule is CCn1c(C2CCN(Cc3ccc(F)cc3)CC2)nn(CCOC)c1=O. The van der Waals surface area contributed by atoms with Crippen LogP contribution in [0.2, 0.25) is 0 Å². The first kappa shape index (κ1) is 18.8. The Kier molecular flexibility index (Phi) is 6.21. The molecule has 0 bridgehead atoms. The summed E-state index contributed by atoms with van der Waals surface area (Å²) >= 11 is 0. The second-order valence-electron chi connectivity index (χ2n) is 6.78. The zero-order valence-electron chi connectivity index (χ0n) is 15.5. The third-order valence-corrected chi connectivity index (χ3v) is 5.05. The number of ether oxygens (including phenoxy) is 1. The summed E-state index contributed by atoms with van der Waals surface area (Å²) in [4.78, 5) is 14.8. The minimum Gasteiger partial charge on any atom is -0.383 e. The average Bonchev–Trinajstić information content (AvgIpc) is 2.98. The van der Waals surface area contributed by atoms with Crippen LogP contribution in [0.25, 0.3) is 0 Å². The molecule has 0 N–H and O–H groups in total. The Bertz CT molecular complexity index is 761. The molecular weight excluding hydrogens is 335 g/mol. The van der Waals surface area contributed by atoms with Crippen molar-refractivity contribution in [1.82, 2.24) is 19.2 Å². The molecule has 6 nitrogen and oxygen atoms in total. The summed E-state index contributed by atoms with van der Waals surface area (Å²) in [6.07, 6.45) is 1.95. The number of hydrogen-bond acceptors (Lipinski definition) is 4. The third-order valence-electron chi connectivity index (χ3n) is 5.05. The Morgan fingerprint density at radius 1 is 1.23 bits per heavy atom. The second-order valence-corrected chi connectivity index (χ2v) is 6.78. The van der Waals surface area contributed by atoms with Crippen LogP contribution in [-0.4, -0.2) is 46.1 Å². The van der Waals surface area contributed by atoms with Crippen molar-refractivity contribution in [2.45, 2.75) is 45.3 Å². The zero-order chi connectivity index (χ0) is 18.5. The van der Waals surface area contributed by atoms with E-state index < -0.39 is 0 Å². The quantitative estimate of drug-likeness (QED) is 0.758. The molecule has 0 saturated carbocycles. The van der Waals surface area contributed by atoms with E-state index in [2.05, 4.69) is 10.00 Å². The highest BCUT2D eigenvalue weighted by Gasteiger charge is 2.26. The Labute approximate surface area is 153 Å². The lowest BCUT2D eigenvalue weighted by Gasteiger charge is -2.31. The molecule has 0 radical (unpaired) electrons. The van der Waals surface area contributed by atoms with Crippen LogP contribution in [0.3, 0.4) is 0 Å². The molecule has 1 aliphatic heterocycles. The predicted molar refractivity (Wildman–Crippen MR) is 97.7 cm³/mol. The number of likely N-dealkylation sites (tertiary alicyclic amines) is 1. The molecule has 2 heterocycles. The third kappa shape index (κ3) is 4.22. The molecule has 2 aromatic rings. The fourth-order valence-corrected chi connectivity index (χ4v) is 3.58. The molecule has 3 rings (SSSR count). The van der Waals surface area contributed by atoms with Gasteiger partial charge in [-0.2, -0.15) is 5.10 Å². The van der Waals surface area contributed by atoms with Gasteiger partial charge in [0.15, 0.2) is 0 Å². The summed E-state index contributed by atoms with van der Waals surface area (Å²) in [6.45, 7) is 6.31. The van der Waals surface area contributed by atoms with Gasteiger partial charge < -0.3 is 4.74 Å². The Hall–Kier alpha value is -1.99. The van der Waals surface area contributed by atoms with Crippen molar-refractivity contribution in [2.24, 2.45) is 0 Å². The summed E-state index contributed by atoms with van der Waals surface area (Å²) in [5.41, 5.74) is 1.08. The van der Waals surface area contributed by atoms with Crippen LogP contribution in [0.15, 0.2) is 29.1 Å². The van der Waals surface area contributed by atoms with Crippen molar-refractivity contribution in [3.63, 3.8) is 0 Å². The van der Waals surface area contributed by atoms with E-state index in [-0.39, 0.29) is 11.5 Å². The van der Waals surface area contributed by atoms with Gasteiger partial charge in [0.05, 0.1) is 13.2 Å². The van der Waals surface area contributed by atoms with Gasteiger partial charge in [0, 0.05) is 26.1 Å². The van der Waals surface area contributed by atoms with E-state index >= 15 is 0 Å². The van der Waals surface area contributed by atoms with E-state index in [0.717, 1.165) is 43.9 Å². The molecule has 0 amide bonds. The highest BCUT2D eigenvalue weighted by atomic mass is 19.1. The second kappa shape index (κ2) is 8.60. The van der Waals surface area contributed by atoms with Crippen LogP contribution in [0.4, 0.5) is 4.39 Å². The topological polar surface area (TPSA) is 52.3 Å². The Balaban J connectivity index is 1.64. The first-order chi connectivity index (χ1) is 12.6. The maximum absolute atomic E-state index is 13.0. The van der Waals surface area contributed by atoms with Crippen molar-refractivity contribution in [2.75, 3.05) is 26.8 Å². The highest BCUT2D eigenvalue weighted by molar-refractivity contribution is 5.16. The monoisotopic (exact) mass is 362 g/mol. The molecule has 0 aliphatic carbocycles. The average molecular weight is 362 g/mol. The highest BCUT2D eigenvalue weighted by Crippen LogP contribution is 2.27. The maximum atomic E-state index is 13.0. The number of rotatable bonds is 7. The van der Waals surface area contributed by atoms with Crippen LogP contribution in [0, 0.1) is 5.82 Å². The summed E-state index contributed by atoms with van der Waals surface area (Å²) in [5.74, 6) is 1.00. The number of nitrogens with zero attached hydrogens (tertiary/aromatic N) is 4. The minimum absolute atomic E-state index is 0.0479. The van der Waals surface area contributed by atoms with Crippen LogP contribution < -0.4 is 5.69 Å². The molecule has 1 aliphatic rings. The van der Waals surface area contributed by atoms with Gasteiger partial charge in [0.2, 0.25) is 0 Å². The molecule has 142 valence electrons. The van der Waals surface area contributed by atoms with Gasteiger partial charge in [0.25, 0.3) is 0 Å². The van der Waals surface area contributed by atoms with E-state index in [1.165, 1.54) is 16.8 Å². The summed E-state index contributed by atoms with van der Waals surface area (Å²) in [5, 5.41) is 4.59. The van der Waals surface area contributed by atoms with Crippen molar-refractivity contribution < 1.29 is 9.13 Å². The summed E-state index contributed by atoms with van der Waals surface area (Å²) < 4.78 is 21.4. The number of halogens is 1. The van der Waals surface area contributed by atoms with E-state index in [1.54, 1.807) is 11.7 Å². The maximum Gasteiger partial charge on any atom is 0.345 e. The van der Waals surface area contributed by atoms with Crippen LogP contribution in [-0.2, 0) is 24.4 Å². The van der Waals surface area contributed by atoms with E-state index in [0.29, 0.717) is 25.6 Å². The molecule has 0 atom stereocenters. The van der Waals surface area contributed by atoms with Gasteiger partial charge >= 0.3 is 5.69 Å². The normalized spacial score (nSPS) is 16.3. The largest absolute Gasteiger partial charge is 0.383 e. The summed E-state index contributed by atoms with van der Waals surface area (Å²) in [6, 6.07) is 6.70. The van der Waals surface area contributed by atoms with E-state index in [1.807, 2.05) is 19.1 Å². The minimum atomic E-state index is -0.200. The van der Waals surface area contributed by atoms with Crippen molar-refractivity contribution in [3.05, 3.63) is 52.0 Å². The lowest BCUT2D eigenvalue weighted by atomic mass is 9.95. The number of piperidine rings is 1. The lowest BCUT2D eigenvalue weighted by Crippen LogP contribution is -2.33. The molecule has 1 aromatic carbocycles. The fourth-order valence-electron chi connectivity index (χ4n) is 3.58. The zero-order valence-corrected chi connectivity index (χ0v) is 15.5. The molecule has 0 unspecified atom stereocenters. The number of benzene rings is 1. The molecule has 1 aromatic heterocycles. The van der Waals surface area contributed by atoms with Gasteiger partial charge in [-0.15, -0.1) is 0 Å². The van der Waals surface area contributed by atoms with Crippen molar-refractivity contribution >= 4 is 0 Å². The molecule has 1 fully saturated rings. The van der Waals surface area contributed by atoms with Crippen molar-refractivity contribution in [1.29, 1.82) is 0 Å². The van der Waals surface area contributed by atoms with E-state index in [4.69, 9.17) is 4.74 Å². The van der Waals surface area contributed by atoms with Gasteiger partial charge in [-0.3, -0.25) is 9.47 Å². The molecule has 1 saturated heterocycles. The molecule has 7 heteroatoms. The predicted octanol–water partition coefficient (Wildman–Crippen LogP) is 2.23. The lowest BCUT2D eigenvalue weighted by molar-refractivity contribution is 0.181. The molecule has 26 heavy (non-hydrogen) atoms. The smallest absolute Gasteiger partial charge is 0.345 e. The summed E-state index contributed by atoms with van der Waals surface area (Å²) in [7, 11) is 1.62. The molecular formula is C19H27FN4O2. The first-order valence-electron chi connectivity index (χ1n) is 9.25. The van der Waals surface area contributed by atoms with Gasteiger partial charge in [-0.25, -0.2) is 13.9 Å². The van der Waals surface area contributed by atoms with E-state index in [9.17, 15) is 9.18 Å². The molecule has 0 spiro atoms. The van der Waals surface area contributed by atoms with Crippen molar-refractivity contribution in [3.8, 4) is 0 Å². The number of methoxy groups -OCH3 is 1. The number of hydrogen-bond donors (Lipinski definition) is 0. The van der Waals surface area contributed by atoms with Crippen LogP contribution in [0.1, 0.15) is 37.1 Å². The fraction of sp³-hybridized carbons (Fsp3) is 0.579. The van der Waals surface area contributed by atoms with Gasteiger partial charge in [-0.05, 0) is 50.6 Å². The van der Waals surface area contributed by atoms with Crippen LogP contribution >= 0.6 is 0 Å².